The van der Waals surface area contributed by atoms with Gasteiger partial charge in [-0.2, -0.15) is 0 Å². The first-order valence-electron chi connectivity index (χ1n) is 7.50. The lowest BCUT2D eigenvalue weighted by Crippen LogP contribution is -2.27. The van der Waals surface area contributed by atoms with E-state index in [9.17, 15) is 0 Å². The second-order valence-corrected chi connectivity index (χ2v) is 5.30. The summed E-state index contributed by atoms with van der Waals surface area (Å²) < 4.78 is 0. The Morgan fingerprint density at radius 1 is 1.11 bits per heavy atom. The zero-order valence-electron chi connectivity index (χ0n) is 12.5. The van der Waals surface area contributed by atoms with E-state index in [0.29, 0.717) is 5.92 Å². The van der Waals surface area contributed by atoms with Gasteiger partial charge in [0.2, 0.25) is 0 Å². The van der Waals surface area contributed by atoms with Gasteiger partial charge in [-0.3, -0.25) is 0 Å². The van der Waals surface area contributed by atoms with Crippen molar-refractivity contribution in [2.24, 2.45) is 5.92 Å². The zero-order chi connectivity index (χ0) is 13.4. The van der Waals surface area contributed by atoms with Crippen molar-refractivity contribution >= 4 is 0 Å². The molecule has 1 rings (SSSR count). The van der Waals surface area contributed by atoms with Gasteiger partial charge in [0.1, 0.15) is 0 Å². The molecule has 1 N–H and O–H groups in total. The highest BCUT2D eigenvalue weighted by Gasteiger charge is 2.19. The first-order valence-corrected chi connectivity index (χ1v) is 7.50. The molecule has 102 valence electrons. The van der Waals surface area contributed by atoms with Crippen LogP contribution in [-0.2, 0) is 0 Å². The fourth-order valence-electron chi connectivity index (χ4n) is 2.75. The van der Waals surface area contributed by atoms with Gasteiger partial charge in [0.05, 0.1) is 0 Å². The molecule has 18 heavy (non-hydrogen) atoms. The van der Waals surface area contributed by atoms with Gasteiger partial charge in [0, 0.05) is 6.54 Å². The molecule has 1 aromatic rings. The van der Waals surface area contributed by atoms with E-state index in [1.54, 1.807) is 0 Å². The third-order valence-corrected chi connectivity index (χ3v) is 3.88. The Morgan fingerprint density at radius 3 is 2.39 bits per heavy atom. The van der Waals surface area contributed by atoms with E-state index in [-0.39, 0.29) is 0 Å². The number of nitrogens with one attached hydrogen (secondary N) is 1. The summed E-state index contributed by atoms with van der Waals surface area (Å²) in [4.78, 5) is 0. The fourth-order valence-corrected chi connectivity index (χ4v) is 2.75. The minimum absolute atomic E-state index is 0.659. The monoisotopic (exact) mass is 247 g/mol. The van der Waals surface area contributed by atoms with E-state index in [1.165, 1.54) is 30.4 Å². The average Bonchev–Trinajstić information content (AvgIpc) is 2.38. The van der Waals surface area contributed by atoms with Crippen molar-refractivity contribution in [3.8, 4) is 0 Å². The summed E-state index contributed by atoms with van der Waals surface area (Å²) in [6.07, 6.45) is 3.75. The molecule has 0 aliphatic rings. The summed E-state index contributed by atoms with van der Waals surface area (Å²) in [5, 5.41) is 3.60. The number of hydrogen-bond donors (Lipinski definition) is 1. The van der Waals surface area contributed by atoms with Crippen LogP contribution in [0.5, 0.6) is 0 Å². The lowest BCUT2D eigenvalue weighted by atomic mass is 9.82. The summed E-state index contributed by atoms with van der Waals surface area (Å²) in [7, 11) is 0. The van der Waals surface area contributed by atoms with Crippen LogP contribution in [0.15, 0.2) is 24.3 Å². The summed E-state index contributed by atoms with van der Waals surface area (Å²) in [5.41, 5.74) is 2.88. The molecular formula is C17H29N. The third-order valence-electron chi connectivity index (χ3n) is 3.88. The van der Waals surface area contributed by atoms with Crippen LogP contribution < -0.4 is 5.32 Å². The van der Waals surface area contributed by atoms with Gasteiger partial charge >= 0.3 is 0 Å². The lowest BCUT2D eigenvalue weighted by molar-refractivity contribution is 0.380. The van der Waals surface area contributed by atoms with E-state index >= 15 is 0 Å². The molecule has 1 unspecified atom stereocenters. The van der Waals surface area contributed by atoms with Crippen molar-refractivity contribution in [2.45, 2.75) is 52.9 Å². The molecular weight excluding hydrogens is 218 g/mol. The molecule has 1 heteroatoms. The molecule has 0 bridgehead atoms. The van der Waals surface area contributed by atoms with E-state index in [4.69, 9.17) is 0 Å². The highest BCUT2D eigenvalue weighted by atomic mass is 14.9. The Labute approximate surface area is 113 Å². The Balaban J connectivity index is 2.81. The molecule has 1 aromatic carbocycles. The molecule has 1 nitrogen and oxygen atoms in total. The lowest BCUT2D eigenvalue weighted by Gasteiger charge is -2.26. The predicted octanol–water partition coefficient (Wildman–Crippen LogP) is 4.51. The first-order chi connectivity index (χ1) is 8.72. The predicted molar refractivity (Wildman–Crippen MR) is 81.2 cm³/mol. The first kappa shape index (κ1) is 15.2. The van der Waals surface area contributed by atoms with Gasteiger partial charge in [0.25, 0.3) is 0 Å². The van der Waals surface area contributed by atoms with Crippen LogP contribution in [0, 0.1) is 12.8 Å². The third kappa shape index (κ3) is 4.45. The van der Waals surface area contributed by atoms with Crippen LogP contribution in [0.2, 0.25) is 0 Å². The number of aryl methyl sites for hydroxylation is 1. The molecule has 1 atom stereocenters. The van der Waals surface area contributed by atoms with Crippen molar-refractivity contribution in [2.75, 3.05) is 13.1 Å². The number of hydrogen-bond acceptors (Lipinski definition) is 1. The van der Waals surface area contributed by atoms with E-state index in [0.717, 1.165) is 19.0 Å². The van der Waals surface area contributed by atoms with Gasteiger partial charge in [-0.1, -0.05) is 63.4 Å². The van der Waals surface area contributed by atoms with Gasteiger partial charge < -0.3 is 5.32 Å². The normalized spacial score (nSPS) is 12.9. The van der Waals surface area contributed by atoms with Crippen LogP contribution in [0.1, 0.15) is 57.1 Å². The summed E-state index contributed by atoms with van der Waals surface area (Å²) in [5.74, 6) is 1.45. The standard InChI is InChI=1S/C17H29N/c1-5-11-18-13-17(15(6-2)7-3)16-10-8-9-14(4)12-16/h8-10,12,15,17-18H,5-7,11,13H2,1-4H3. The molecule has 0 heterocycles. The second-order valence-electron chi connectivity index (χ2n) is 5.30. The molecule has 0 aromatic heterocycles. The van der Waals surface area contributed by atoms with E-state index in [1.807, 2.05) is 0 Å². The fraction of sp³-hybridized carbons (Fsp3) is 0.647. The van der Waals surface area contributed by atoms with E-state index < -0.39 is 0 Å². The van der Waals surface area contributed by atoms with Crippen molar-refractivity contribution in [3.63, 3.8) is 0 Å². The maximum atomic E-state index is 3.60. The minimum atomic E-state index is 0.659. The zero-order valence-corrected chi connectivity index (χ0v) is 12.5. The van der Waals surface area contributed by atoms with Gasteiger partial charge in [0.15, 0.2) is 0 Å². The van der Waals surface area contributed by atoms with Gasteiger partial charge in [-0.15, -0.1) is 0 Å². The summed E-state index contributed by atoms with van der Waals surface area (Å²) in [6.45, 7) is 11.3. The van der Waals surface area contributed by atoms with Gasteiger partial charge in [-0.25, -0.2) is 0 Å². The Bertz CT molecular complexity index is 328. The maximum Gasteiger partial charge on any atom is 0.00228 e. The molecule has 0 saturated carbocycles. The summed E-state index contributed by atoms with van der Waals surface area (Å²) in [6, 6.07) is 9.03. The molecule has 0 amide bonds. The smallest absolute Gasteiger partial charge is 0.00228 e. The summed E-state index contributed by atoms with van der Waals surface area (Å²) >= 11 is 0. The molecule has 0 radical (unpaired) electrons. The average molecular weight is 247 g/mol. The Kier molecular flexibility index (Phi) is 7.04. The largest absolute Gasteiger partial charge is 0.316 e. The quantitative estimate of drug-likeness (QED) is 0.666. The Hall–Kier alpha value is -0.820. The van der Waals surface area contributed by atoms with Crippen molar-refractivity contribution < 1.29 is 0 Å². The van der Waals surface area contributed by atoms with Crippen molar-refractivity contribution in [1.82, 2.24) is 5.32 Å². The van der Waals surface area contributed by atoms with Crippen LogP contribution in [0.25, 0.3) is 0 Å². The van der Waals surface area contributed by atoms with Crippen LogP contribution in [0.4, 0.5) is 0 Å². The molecule has 0 fully saturated rings. The second kappa shape index (κ2) is 8.31. The molecule has 0 saturated heterocycles. The van der Waals surface area contributed by atoms with E-state index in [2.05, 4.69) is 57.3 Å². The Morgan fingerprint density at radius 2 is 1.83 bits per heavy atom. The van der Waals surface area contributed by atoms with Crippen LogP contribution in [0.3, 0.4) is 0 Å². The number of benzene rings is 1. The molecule has 0 spiro atoms. The number of rotatable bonds is 8. The van der Waals surface area contributed by atoms with Crippen LogP contribution >= 0.6 is 0 Å². The minimum Gasteiger partial charge on any atom is -0.316 e. The highest BCUT2D eigenvalue weighted by Crippen LogP contribution is 2.29. The SMILES string of the molecule is CCCNCC(c1cccc(C)c1)C(CC)CC. The van der Waals surface area contributed by atoms with Gasteiger partial charge in [-0.05, 0) is 37.3 Å². The van der Waals surface area contributed by atoms with Crippen molar-refractivity contribution in [1.29, 1.82) is 0 Å². The maximum absolute atomic E-state index is 3.60. The molecule has 0 aliphatic heterocycles. The van der Waals surface area contributed by atoms with Crippen LogP contribution in [-0.4, -0.2) is 13.1 Å². The van der Waals surface area contributed by atoms with Crippen molar-refractivity contribution in [3.05, 3.63) is 35.4 Å². The highest BCUT2D eigenvalue weighted by molar-refractivity contribution is 5.26. The topological polar surface area (TPSA) is 12.0 Å². The molecule has 0 aliphatic carbocycles.